The molecule has 28 heavy (non-hydrogen) atoms. The fraction of sp³-hybridized carbons (Fsp3) is 0.350. The van der Waals surface area contributed by atoms with E-state index in [0.717, 1.165) is 53.3 Å². The smallest absolute Gasteiger partial charge is 0.261 e. The molecule has 1 fully saturated rings. The molecule has 4 rings (SSSR count). The first-order chi connectivity index (χ1) is 13.5. The molecule has 2 aromatic heterocycles. The summed E-state index contributed by atoms with van der Waals surface area (Å²) in [6, 6.07) is 7.51. The molecule has 0 spiro atoms. The average Bonchev–Trinajstić information content (AvgIpc) is 3.04. The van der Waals surface area contributed by atoms with Gasteiger partial charge in [0.25, 0.3) is 5.91 Å². The molecular weight excluding hydrogens is 394 g/mol. The van der Waals surface area contributed by atoms with Crippen molar-refractivity contribution in [3.63, 3.8) is 0 Å². The fourth-order valence-corrected chi connectivity index (χ4v) is 4.71. The van der Waals surface area contributed by atoms with Gasteiger partial charge in [-0.15, -0.1) is 11.3 Å². The van der Waals surface area contributed by atoms with E-state index < -0.39 is 0 Å². The third kappa shape index (κ3) is 3.83. The minimum atomic E-state index is -0.0928. The normalized spacial score (nSPS) is 15.2. The zero-order valence-corrected chi connectivity index (χ0v) is 17.5. The van der Waals surface area contributed by atoms with Gasteiger partial charge >= 0.3 is 0 Å². The molecule has 8 heteroatoms. The molecule has 1 saturated heterocycles. The van der Waals surface area contributed by atoms with Crippen molar-refractivity contribution in [3.8, 4) is 0 Å². The molecule has 3 heterocycles. The van der Waals surface area contributed by atoms with Crippen molar-refractivity contribution >= 4 is 44.9 Å². The lowest BCUT2D eigenvalue weighted by Crippen LogP contribution is -2.44. The van der Waals surface area contributed by atoms with Crippen LogP contribution in [-0.4, -0.2) is 54.0 Å². The van der Waals surface area contributed by atoms with Gasteiger partial charge in [-0.05, 0) is 37.2 Å². The number of nitrogens with one attached hydrogen (secondary N) is 1. The number of piperazine rings is 1. The standard InChI is InChI=1S/C20H22ClN5OS/c1-13-16-18(26-8-6-25(2)7-9-26)23-12-24-20(16)28-17(13)19(27)22-11-14-4-3-5-15(21)10-14/h3-5,10,12H,6-9,11H2,1-2H3,(H,22,27). The minimum Gasteiger partial charge on any atom is -0.353 e. The van der Waals surface area contributed by atoms with Gasteiger partial charge in [0.2, 0.25) is 0 Å². The van der Waals surface area contributed by atoms with Gasteiger partial charge < -0.3 is 15.1 Å². The Morgan fingerprint density at radius 3 is 2.79 bits per heavy atom. The van der Waals surface area contributed by atoms with Crippen LogP contribution < -0.4 is 10.2 Å². The molecule has 0 radical (unpaired) electrons. The molecule has 1 N–H and O–H groups in total. The molecule has 146 valence electrons. The van der Waals surface area contributed by atoms with Crippen molar-refractivity contribution in [1.82, 2.24) is 20.2 Å². The van der Waals surface area contributed by atoms with Crippen LogP contribution in [0.25, 0.3) is 10.2 Å². The van der Waals surface area contributed by atoms with Crippen molar-refractivity contribution < 1.29 is 4.79 Å². The van der Waals surface area contributed by atoms with Gasteiger partial charge in [-0.2, -0.15) is 0 Å². The molecule has 0 atom stereocenters. The second-order valence-electron chi connectivity index (χ2n) is 7.04. The van der Waals surface area contributed by atoms with E-state index >= 15 is 0 Å². The Morgan fingerprint density at radius 1 is 1.25 bits per heavy atom. The second kappa shape index (κ2) is 8.03. The topological polar surface area (TPSA) is 61.4 Å². The van der Waals surface area contributed by atoms with Crippen molar-refractivity contribution in [1.29, 1.82) is 0 Å². The SMILES string of the molecule is Cc1c(C(=O)NCc2cccc(Cl)c2)sc2ncnc(N3CCN(C)CC3)c12. The van der Waals surface area contributed by atoms with Crippen LogP contribution in [0.1, 0.15) is 20.8 Å². The van der Waals surface area contributed by atoms with Crippen molar-refractivity contribution in [2.45, 2.75) is 13.5 Å². The number of carbonyl (C=O) groups excluding carboxylic acids is 1. The molecule has 0 saturated carbocycles. The van der Waals surface area contributed by atoms with Crippen LogP contribution in [0.2, 0.25) is 5.02 Å². The zero-order chi connectivity index (χ0) is 19.7. The predicted octanol–water partition coefficient (Wildman–Crippen LogP) is 3.33. The Labute approximate surface area is 173 Å². The molecule has 0 unspecified atom stereocenters. The van der Waals surface area contributed by atoms with Crippen molar-refractivity contribution in [3.05, 3.63) is 51.6 Å². The molecule has 0 aliphatic carbocycles. The van der Waals surface area contributed by atoms with Crippen LogP contribution in [0, 0.1) is 6.92 Å². The number of fused-ring (bicyclic) bond motifs is 1. The molecule has 0 bridgehead atoms. The van der Waals surface area contributed by atoms with Gasteiger partial charge in [-0.1, -0.05) is 23.7 Å². The summed E-state index contributed by atoms with van der Waals surface area (Å²) in [6.07, 6.45) is 1.60. The Bertz CT molecular complexity index is 1010. The highest BCUT2D eigenvalue weighted by Gasteiger charge is 2.23. The van der Waals surface area contributed by atoms with Crippen LogP contribution >= 0.6 is 22.9 Å². The van der Waals surface area contributed by atoms with Gasteiger partial charge in [0, 0.05) is 37.7 Å². The van der Waals surface area contributed by atoms with Gasteiger partial charge in [0.1, 0.15) is 17.0 Å². The fourth-order valence-electron chi connectivity index (χ4n) is 3.44. The summed E-state index contributed by atoms with van der Waals surface area (Å²) in [5.41, 5.74) is 1.91. The van der Waals surface area contributed by atoms with Crippen molar-refractivity contribution in [2.75, 3.05) is 38.1 Å². The number of hydrogen-bond acceptors (Lipinski definition) is 6. The third-order valence-corrected chi connectivity index (χ3v) is 6.49. The van der Waals surface area contributed by atoms with E-state index in [0.29, 0.717) is 16.4 Å². The number of rotatable bonds is 4. The number of aromatic nitrogens is 2. The number of carbonyl (C=O) groups is 1. The summed E-state index contributed by atoms with van der Waals surface area (Å²) in [5.74, 6) is 0.838. The quantitative estimate of drug-likeness (QED) is 0.708. The highest BCUT2D eigenvalue weighted by molar-refractivity contribution is 7.20. The number of anilines is 1. The first kappa shape index (κ1) is 19.1. The summed E-state index contributed by atoms with van der Waals surface area (Å²) in [7, 11) is 2.13. The van der Waals surface area contributed by atoms with Crippen LogP contribution in [0.3, 0.4) is 0 Å². The maximum atomic E-state index is 12.8. The van der Waals surface area contributed by atoms with E-state index in [4.69, 9.17) is 11.6 Å². The zero-order valence-electron chi connectivity index (χ0n) is 15.9. The van der Waals surface area contributed by atoms with E-state index in [1.807, 2.05) is 31.2 Å². The number of amides is 1. The van der Waals surface area contributed by atoms with Gasteiger partial charge in [0.15, 0.2) is 0 Å². The molecule has 1 aliphatic heterocycles. The van der Waals surface area contributed by atoms with E-state index in [1.165, 1.54) is 11.3 Å². The van der Waals surface area contributed by atoms with Crippen molar-refractivity contribution in [2.24, 2.45) is 0 Å². The van der Waals surface area contributed by atoms with Crippen LogP contribution in [0.5, 0.6) is 0 Å². The number of hydrogen-bond donors (Lipinski definition) is 1. The maximum Gasteiger partial charge on any atom is 0.261 e. The van der Waals surface area contributed by atoms with E-state index in [2.05, 4.69) is 32.1 Å². The Hall–Kier alpha value is -2.22. The largest absolute Gasteiger partial charge is 0.353 e. The number of likely N-dealkylation sites (N-methyl/N-ethyl adjacent to an activating group) is 1. The minimum absolute atomic E-state index is 0.0928. The highest BCUT2D eigenvalue weighted by Crippen LogP contribution is 2.35. The highest BCUT2D eigenvalue weighted by atomic mass is 35.5. The second-order valence-corrected chi connectivity index (χ2v) is 8.47. The summed E-state index contributed by atoms with van der Waals surface area (Å²) in [6.45, 7) is 6.27. The summed E-state index contributed by atoms with van der Waals surface area (Å²) < 4.78 is 0. The van der Waals surface area contributed by atoms with E-state index in [1.54, 1.807) is 6.33 Å². The summed E-state index contributed by atoms with van der Waals surface area (Å²) in [5, 5.41) is 4.65. The summed E-state index contributed by atoms with van der Waals surface area (Å²) >= 11 is 7.45. The lowest BCUT2D eigenvalue weighted by Gasteiger charge is -2.33. The lowest BCUT2D eigenvalue weighted by atomic mass is 10.1. The van der Waals surface area contributed by atoms with E-state index in [9.17, 15) is 4.79 Å². The molecule has 3 aromatic rings. The summed E-state index contributed by atoms with van der Waals surface area (Å²) in [4.78, 5) is 27.9. The van der Waals surface area contributed by atoms with Gasteiger partial charge in [-0.25, -0.2) is 9.97 Å². The predicted molar refractivity (Wildman–Crippen MR) is 114 cm³/mol. The first-order valence-corrected chi connectivity index (χ1v) is 10.4. The van der Waals surface area contributed by atoms with Gasteiger partial charge in [-0.3, -0.25) is 4.79 Å². The first-order valence-electron chi connectivity index (χ1n) is 9.23. The van der Waals surface area contributed by atoms with Crippen LogP contribution in [-0.2, 0) is 6.54 Å². The van der Waals surface area contributed by atoms with E-state index in [-0.39, 0.29) is 5.91 Å². The molecule has 1 amide bonds. The molecule has 1 aliphatic rings. The lowest BCUT2D eigenvalue weighted by molar-refractivity contribution is 0.0954. The Balaban J connectivity index is 1.59. The molecule has 6 nitrogen and oxygen atoms in total. The molecular formula is C20H22ClN5OS. The number of halogens is 1. The maximum absolute atomic E-state index is 12.8. The number of thiophene rings is 1. The monoisotopic (exact) mass is 415 g/mol. The van der Waals surface area contributed by atoms with Crippen LogP contribution in [0.15, 0.2) is 30.6 Å². The number of benzene rings is 1. The van der Waals surface area contributed by atoms with Crippen LogP contribution in [0.4, 0.5) is 5.82 Å². The van der Waals surface area contributed by atoms with Gasteiger partial charge in [0.05, 0.1) is 10.3 Å². The molecule has 1 aromatic carbocycles. The number of aryl methyl sites for hydroxylation is 1. The Morgan fingerprint density at radius 2 is 2.04 bits per heavy atom. The Kier molecular flexibility index (Phi) is 5.48. The third-order valence-electron chi connectivity index (χ3n) is 5.06. The average molecular weight is 416 g/mol. The number of nitrogens with zero attached hydrogens (tertiary/aromatic N) is 4.